The summed E-state index contributed by atoms with van der Waals surface area (Å²) in [7, 11) is 1.21. The number of nitrogens with zero attached hydrogens (tertiary/aromatic N) is 1. The van der Waals surface area contributed by atoms with E-state index in [2.05, 4.69) is 4.98 Å². The highest BCUT2D eigenvalue weighted by Gasteiger charge is 2.47. The van der Waals surface area contributed by atoms with Gasteiger partial charge in [0.1, 0.15) is 12.2 Å². The monoisotopic (exact) mass is 366 g/mol. The predicted molar refractivity (Wildman–Crippen MR) is 84.5 cm³/mol. The first kappa shape index (κ1) is 18.5. The van der Waals surface area contributed by atoms with Crippen LogP contribution in [0.5, 0.6) is 0 Å². The van der Waals surface area contributed by atoms with Crippen molar-refractivity contribution in [2.24, 2.45) is 0 Å². The molecule has 130 valence electrons. The van der Waals surface area contributed by atoms with Crippen molar-refractivity contribution >= 4 is 18.5 Å². The third kappa shape index (κ3) is 4.16. The zero-order valence-electron chi connectivity index (χ0n) is 12.6. The van der Waals surface area contributed by atoms with E-state index >= 15 is 0 Å². The van der Waals surface area contributed by atoms with Crippen molar-refractivity contribution < 1.29 is 23.8 Å². The second-order valence-corrected chi connectivity index (χ2v) is 7.98. The molecule has 1 aromatic rings. The van der Waals surface area contributed by atoms with Gasteiger partial charge in [0.2, 0.25) is 0 Å². The summed E-state index contributed by atoms with van der Waals surface area (Å²) in [4.78, 5) is 34.9. The van der Waals surface area contributed by atoms with Crippen LogP contribution in [-0.4, -0.2) is 45.0 Å². The molecule has 1 saturated heterocycles. The summed E-state index contributed by atoms with van der Waals surface area (Å²) in [6.07, 6.45) is -1.38. The Labute approximate surface area is 137 Å². The van der Waals surface area contributed by atoms with Crippen molar-refractivity contribution in [2.75, 3.05) is 7.11 Å². The molecular weight excluding hydrogens is 347 g/mol. The Balaban J connectivity index is 2.32. The number of hydrogen-bond acceptors (Lipinski definition) is 7. The summed E-state index contributed by atoms with van der Waals surface area (Å²) >= 11 is 4.81. The Bertz CT molecular complexity index is 705. The average Bonchev–Trinajstić information content (AvgIpc) is 2.77. The molecule has 0 aliphatic carbocycles. The normalized spacial score (nSPS) is 30.3. The molecule has 3 N–H and O–H groups in total. The predicted octanol–water partition coefficient (Wildman–Crippen LogP) is -0.157. The topological polar surface area (TPSA) is 123 Å². The second kappa shape index (κ2) is 7.35. The minimum atomic E-state index is -3.51. The van der Waals surface area contributed by atoms with Gasteiger partial charge < -0.3 is 19.3 Å². The van der Waals surface area contributed by atoms with Crippen LogP contribution in [0.25, 0.3) is 0 Å². The lowest BCUT2D eigenvalue weighted by Crippen LogP contribution is -2.38. The first-order chi connectivity index (χ1) is 10.8. The van der Waals surface area contributed by atoms with Crippen molar-refractivity contribution in [1.29, 1.82) is 0 Å². The van der Waals surface area contributed by atoms with Crippen LogP contribution in [0.15, 0.2) is 21.9 Å². The second-order valence-electron chi connectivity index (χ2n) is 5.08. The molecule has 1 aromatic heterocycles. The molecule has 1 aliphatic heterocycles. The van der Waals surface area contributed by atoms with E-state index in [9.17, 15) is 19.6 Å². The number of ether oxygens (including phenoxy) is 1. The highest BCUT2D eigenvalue weighted by Crippen LogP contribution is 2.48. The fourth-order valence-electron chi connectivity index (χ4n) is 2.42. The van der Waals surface area contributed by atoms with Crippen LogP contribution < -0.4 is 11.2 Å². The number of aromatic amines is 1. The Kier molecular flexibility index (Phi) is 5.90. The lowest BCUT2D eigenvalue weighted by molar-refractivity contribution is -0.0418. The van der Waals surface area contributed by atoms with E-state index in [-0.39, 0.29) is 0 Å². The van der Waals surface area contributed by atoms with E-state index in [0.717, 1.165) is 17.1 Å². The number of rotatable bonds is 6. The summed E-state index contributed by atoms with van der Waals surface area (Å²) in [6, 6.07) is 1.14. The van der Waals surface area contributed by atoms with Gasteiger partial charge in [-0.3, -0.25) is 18.9 Å². The summed E-state index contributed by atoms with van der Waals surface area (Å²) < 4.78 is 16.8. The van der Waals surface area contributed by atoms with E-state index in [1.165, 1.54) is 13.3 Å². The Morgan fingerprint density at radius 3 is 2.78 bits per heavy atom. The van der Waals surface area contributed by atoms with Crippen LogP contribution in [0.2, 0.25) is 0 Å². The molecule has 23 heavy (non-hydrogen) atoms. The zero-order chi connectivity index (χ0) is 17.2. The minimum absolute atomic E-state index is 0.523. The summed E-state index contributed by atoms with van der Waals surface area (Å²) in [5, 5.41) is 10.5. The molecule has 5 atom stereocenters. The summed E-state index contributed by atoms with van der Waals surface area (Å²) in [5.41, 5.74) is -1.27. The summed E-state index contributed by atoms with van der Waals surface area (Å²) in [5.74, 6) is 0. The fourth-order valence-corrected chi connectivity index (χ4v) is 3.37. The lowest BCUT2D eigenvalue weighted by Gasteiger charge is -2.24. The van der Waals surface area contributed by atoms with Gasteiger partial charge in [-0.25, -0.2) is 4.79 Å². The largest absolute Gasteiger partial charge is 0.386 e. The van der Waals surface area contributed by atoms with Gasteiger partial charge in [-0.1, -0.05) is 13.3 Å². The maximum atomic E-state index is 11.9. The molecule has 2 rings (SSSR count). The number of aromatic nitrogens is 2. The number of hydrogen-bond donors (Lipinski definition) is 3. The van der Waals surface area contributed by atoms with Crippen LogP contribution in [0, 0.1) is 0 Å². The Morgan fingerprint density at radius 1 is 1.52 bits per heavy atom. The van der Waals surface area contributed by atoms with Crippen LogP contribution in [-0.2, 0) is 25.6 Å². The molecule has 2 heterocycles. The van der Waals surface area contributed by atoms with Crippen LogP contribution >= 0.6 is 6.72 Å². The minimum Gasteiger partial charge on any atom is -0.386 e. The number of H-pyrrole nitrogens is 1. The van der Waals surface area contributed by atoms with Gasteiger partial charge in [0.15, 0.2) is 6.23 Å². The van der Waals surface area contributed by atoms with E-state index in [0.29, 0.717) is 6.42 Å². The highest BCUT2D eigenvalue weighted by atomic mass is 32.5. The molecule has 1 aliphatic rings. The molecule has 0 aromatic carbocycles. The molecule has 0 saturated carbocycles. The first-order valence-corrected chi connectivity index (χ1v) is 9.60. The van der Waals surface area contributed by atoms with Gasteiger partial charge in [0, 0.05) is 19.4 Å². The molecule has 1 fully saturated rings. The maximum absolute atomic E-state index is 11.9. The number of nitrogens with one attached hydrogen (secondary N) is 1. The van der Waals surface area contributed by atoms with Gasteiger partial charge in [-0.05, 0) is 18.2 Å². The highest BCUT2D eigenvalue weighted by molar-refractivity contribution is 8.07. The van der Waals surface area contributed by atoms with E-state index < -0.39 is 42.5 Å². The van der Waals surface area contributed by atoms with Gasteiger partial charge >= 0.3 is 12.4 Å². The van der Waals surface area contributed by atoms with Crippen LogP contribution in [0.3, 0.4) is 0 Å². The van der Waals surface area contributed by atoms with Crippen molar-refractivity contribution in [3.8, 4) is 0 Å². The van der Waals surface area contributed by atoms with E-state index in [1.807, 2.05) is 6.92 Å². The van der Waals surface area contributed by atoms with Crippen molar-refractivity contribution in [1.82, 2.24) is 9.55 Å². The zero-order valence-corrected chi connectivity index (χ0v) is 14.3. The third-order valence-electron chi connectivity index (χ3n) is 3.49. The average molecular weight is 366 g/mol. The molecule has 0 spiro atoms. The number of aliphatic hydroxyl groups excluding tert-OH is 1. The lowest BCUT2D eigenvalue weighted by atomic mass is 10.1. The van der Waals surface area contributed by atoms with E-state index in [1.54, 1.807) is 0 Å². The van der Waals surface area contributed by atoms with Gasteiger partial charge in [0.25, 0.3) is 5.56 Å². The molecule has 0 amide bonds. The fraction of sp³-hybridized carbons (Fsp3) is 0.667. The van der Waals surface area contributed by atoms with Crippen LogP contribution in [0.1, 0.15) is 26.0 Å². The Morgan fingerprint density at radius 2 is 2.22 bits per heavy atom. The molecule has 0 bridgehead atoms. The third-order valence-corrected chi connectivity index (χ3v) is 5.17. The van der Waals surface area contributed by atoms with Crippen molar-refractivity contribution in [3.63, 3.8) is 0 Å². The standard InChI is InChI=1S/C12H19N2O7PS/c1-3-4-7-10(21-22(18,23)19-2)9(16)11(20-7)14-6-5-8(15)13-12(14)17/h5-7,9-11,16H,3-4H2,1-2H3,(H,18,23)(H,13,15,17)/t7-,9+,10?,11-,22?/m1/s1. The quantitative estimate of drug-likeness (QED) is 0.594. The molecular formula is C12H19N2O7PS. The molecule has 2 unspecified atom stereocenters. The van der Waals surface area contributed by atoms with Crippen LogP contribution in [0.4, 0.5) is 0 Å². The van der Waals surface area contributed by atoms with Gasteiger partial charge in [-0.2, -0.15) is 0 Å². The number of aliphatic hydroxyl groups is 1. The first-order valence-electron chi connectivity index (χ1n) is 7.01. The van der Waals surface area contributed by atoms with Crippen molar-refractivity contribution in [2.45, 2.75) is 44.3 Å². The smallest absolute Gasteiger partial charge is 0.330 e. The van der Waals surface area contributed by atoms with Crippen molar-refractivity contribution in [3.05, 3.63) is 33.1 Å². The van der Waals surface area contributed by atoms with E-state index in [4.69, 9.17) is 25.6 Å². The molecule has 11 heteroatoms. The summed E-state index contributed by atoms with van der Waals surface area (Å²) in [6.45, 7) is -1.60. The molecule has 9 nitrogen and oxygen atoms in total. The molecule has 0 radical (unpaired) electrons. The Hall–Kier alpha value is -0.870. The maximum Gasteiger partial charge on any atom is 0.330 e. The SMILES string of the molecule is CCC[C@H]1O[C@@H](n2ccc(=O)[nH]c2=O)[C@@H](O)C1OP(O)(=S)OC. The van der Waals surface area contributed by atoms with Gasteiger partial charge in [0.05, 0.1) is 6.10 Å². The van der Waals surface area contributed by atoms with Gasteiger partial charge in [-0.15, -0.1) is 0 Å².